The first-order chi connectivity index (χ1) is 6.15. The van der Waals surface area contributed by atoms with Crippen LogP contribution in [0.4, 0.5) is 0 Å². The molecule has 1 atom stereocenters. The van der Waals surface area contributed by atoms with Gasteiger partial charge in [-0.05, 0) is 13.8 Å². The lowest BCUT2D eigenvalue weighted by molar-refractivity contribution is 0.0512. The number of hydrogen-bond acceptors (Lipinski definition) is 5. The number of halogens is 1. The fourth-order valence-corrected chi connectivity index (χ4v) is 0.748. The van der Waals surface area contributed by atoms with Crippen molar-refractivity contribution in [2.45, 2.75) is 20.0 Å². The average Bonchev–Trinajstić information content (AvgIpc) is 2.52. The molecule has 6 nitrogen and oxygen atoms in total. The summed E-state index contributed by atoms with van der Waals surface area (Å²) in [6, 6.07) is 0. The zero-order valence-electron chi connectivity index (χ0n) is 7.85. The molecule has 0 unspecified atom stereocenters. The van der Waals surface area contributed by atoms with Gasteiger partial charge < -0.3 is 9.84 Å². The van der Waals surface area contributed by atoms with Gasteiger partial charge in [0.25, 0.3) is 5.82 Å². The highest BCUT2D eigenvalue weighted by Gasteiger charge is 2.14. The van der Waals surface area contributed by atoms with E-state index in [4.69, 9.17) is 5.11 Å². The number of rotatable bonds is 3. The number of carbonyl (C=O) groups excluding carboxylic acids is 1. The summed E-state index contributed by atoms with van der Waals surface area (Å²) in [5.41, 5.74) is 0. The molecular formula is C7H12ClN3O3. The Morgan fingerprint density at radius 3 is 2.79 bits per heavy atom. The van der Waals surface area contributed by atoms with Crippen LogP contribution < -0.4 is 0 Å². The summed E-state index contributed by atoms with van der Waals surface area (Å²) in [5.74, 6) is -0.397. The third-order valence-corrected chi connectivity index (χ3v) is 1.36. The molecule has 0 aliphatic carbocycles. The lowest BCUT2D eigenvalue weighted by Crippen LogP contribution is -2.06. The monoisotopic (exact) mass is 221 g/mol. The predicted octanol–water partition coefficient (Wildman–Crippen LogP) is 0.456. The van der Waals surface area contributed by atoms with E-state index in [9.17, 15) is 4.79 Å². The van der Waals surface area contributed by atoms with Gasteiger partial charge in [-0.2, -0.15) is 0 Å². The van der Waals surface area contributed by atoms with Crippen LogP contribution in [-0.2, 0) is 4.74 Å². The standard InChI is InChI=1S/C7H11N3O3.ClH/c1-3-13-7(12)6-8-5(4(2)11)9-10-6;/h4,11H,3H2,1-2H3,(H,8,9,10);1H/t4-;/m0./s1. The van der Waals surface area contributed by atoms with Gasteiger partial charge in [0.15, 0.2) is 5.82 Å². The molecule has 0 saturated heterocycles. The summed E-state index contributed by atoms with van der Waals surface area (Å²) in [4.78, 5) is 14.8. The number of nitrogens with zero attached hydrogens (tertiary/aromatic N) is 2. The Balaban J connectivity index is 0.00000169. The Labute approximate surface area is 87.1 Å². The number of H-pyrrole nitrogens is 1. The van der Waals surface area contributed by atoms with Gasteiger partial charge in [0, 0.05) is 0 Å². The van der Waals surface area contributed by atoms with Gasteiger partial charge >= 0.3 is 5.97 Å². The molecule has 0 bridgehead atoms. The molecule has 14 heavy (non-hydrogen) atoms. The molecule has 1 heterocycles. The smallest absolute Gasteiger partial charge is 0.378 e. The molecule has 0 aliphatic rings. The van der Waals surface area contributed by atoms with Gasteiger partial charge in [-0.1, -0.05) is 0 Å². The molecule has 2 N–H and O–H groups in total. The highest BCUT2D eigenvalue weighted by atomic mass is 35.5. The van der Waals surface area contributed by atoms with Gasteiger partial charge in [0.1, 0.15) is 6.10 Å². The first-order valence-electron chi connectivity index (χ1n) is 3.92. The van der Waals surface area contributed by atoms with Crippen molar-refractivity contribution in [3.8, 4) is 0 Å². The largest absolute Gasteiger partial charge is 0.460 e. The molecule has 1 aromatic heterocycles. The van der Waals surface area contributed by atoms with E-state index in [0.717, 1.165) is 0 Å². The molecule has 0 radical (unpaired) electrons. The van der Waals surface area contributed by atoms with Crippen LogP contribution in [0.3, 0.4) is 0 Å². The molecule has 80 valence electrons. The summed E-state index contributed by atoms with van der Waals surface area (Å²) in [5, 5.41) is 15.1. The summed E-state index contributed by atoms with van der Waals surface area (Å²) in [6.45, 7) is 3.49. The molecule has 1 aromatic rings. The fraction of sp³-hybridized carbons (Fsp3) is 0.571. The molecule has 1 rings (SSSR count). The molecule has 0 saturated carbocycles. The quantitative estimate of drug-likeness (QED) is 0.724. The maximum Gasteiger partial charge on any atom is 0.378 e. The van der Waals surface area contributed by atoms with Crippen LogP contribution in [0.2, 0.25) is 0 Å². The second kappa shape index (κ2) is 5.56. The molecule has 0 spiro atoms. The first kappa shape index (κ1) is 12.9. The van der Waals surface area contributed by atoms with Crippen LogP contribution in [0.25, 0.3) is 0 Å². The molecular weight excluding hydrogens is 210 g/mol. The van der Waals surface area contributed by atoms with Crippen molar-refractivity contribution in [1.82, 2.24) is 15.2 Å². The lowest BCUT2D eigenvalue weighted by atomic mass is 10.4. The number of aromatic amines is 1. The summed E-state index contributed by atoms with van der Waals surface area (Å²) in [6.07, 6.45) is -0.768. The van der Waals surface area contributed by atoms with Crippen molar-refractivity contribution in [2.24, 2.45) is 0 Å². The molecule has 7 heteroatoms. The van der Waals surface area contributed by atoms with Crippen LogP contribution >= 0.6 is 12.4 Å². The topological polar surface area (TPSA) is 88.1 Å². The molecule has 0 amide bonds. The van der Waals surface area contributed by atoms with Gasteiger partial charge in [-0.25, -0.2) is 9.78 Å². The Morgan fingerprint density at radius 1 is 1.71 bits per heavy atom. The van der Waals surface area contributed by atoms with Crippen LogP contribution in [0.15, 0.2) is 0 Å². The fourth-order valence-electron chi connectivity index (χ4n) is 0.748. The zero-order valence-corrected chi connectivity index (χ0v) is 8.67. The van der Waals surface area contributed by atoms with Crippen LogP contribution in [-0.4, -0.2) is 32.9 Å². The van der Waals surface area contributed by atoms with E-state index >= 15 is 0 Å². The van der Waals surface area contributed by atoms with Gasteiger partial charge in [0.05, 0.1) is 6.61 Å². The van der Waals surface area contributed by atoms with E-state index in [0.29, 0.717) is 0 Å². The average molecular weight is 222 g/mol. The summed E-state index contributed by atoms with van der Waals surface area (Å²) in [7, 11) is 0. The summed E-state index contributed by atoms with van der Waals surface area (Å²) < 4.78 is 4.66. The minimum Gasteiger partial charge on any atom is -0.460 e. The third-order valence-electron chi connectivity index (χ3n) is 1.36. The van der Waals surface area contributed by atoms with E-state index in [2.05, 4.69) is 19.9 Å². The highest BCUT2D eigenvalue weighted by Crippen LogP contribution is 2.05. The molecule has 0 aliphatic heterocycles. The maximum absolute atomic E-state index is 11.0. The van der Waals surface area contributed by atoms with Gasteiger partial charge in [-0.15, -0.1) is 17.5 Å². The number of aromatic nitrogens is 3. The highest BCUT2D eigenvalue weighted by molar-refractivity contribution is 5.85. The Hall–Kier alpha value is -1.14. The second-order valence-electron chi connectivity index (χ2n) is 2.44. The predicted molar refractivity (Wildman–Crippen MR) is 50.2 cm³/mol. The number of ether oxygens (including phenoxy) is 1. The Morgan fingerprint density at radius 2 is 2.36 bits per heavy atom. The van der Waals surface area contributed by atoms with Crippen molar-refractivity contribution in [2.75, 3.05) is 6.61 Å². The van der Waals surface area contributed by atoms with Crippen molar-refractivity contribution in [3.63, 3.8) is 0 Å². The lowest BCUT2D eigenvalue weighted by Gasteiger charge is -1.95. The SMILES string of the molecule is CCOC(=O)c1n[nH]c([C@H](C)O)n1.Cl. The van der Waals surface area contributed by atoms with Crippen LogP contribution in [0, 0.1) is 0 Å². The van der Waals surface area contributed by atoms with E-state index in [-0.39, 0.29) is 30.7 Å². The number of aliphatic hydroxyl groups excluding tert-OH is 1. The summed E-state index contributed by atoms with van der Waals surface area (Å²) >= 11 is 0. The van der Waals surface area contributed by atoms with Crippen LogP contribution in [0.5, 0.6) is 0 Å². The van der Waals surface area contributed by atoms with Gasteiger partial charge in [0.2, 0.25) is 0 Å². The van der Waals surface area contributed by atoms with Crippen molar-refractivity contribution in [3.05, 3.63) is 11.6 Å². The van der Waals surface area contributed by atoms with Gasteiger partial charge in [-0.3, -0.25) is 5.10 Å². The molecule has 0 fully saturated rings. The number of hydrogen-bond donors (Lipinski definition) is 2. The number of nitrogens with one attached hydrogen (secondary N) is 1. The normalized spacial score (nSPS) is 11.6. The number of aliphatic hydroxyl groups is 1. The Kier molecular flexibility index (Phi) is 5.11. The Bertz CT molecular complexity index is 300. The zero-order chi connectivity index (χ0) is 9.84. The molecule has 0 aromatic carbocycles. The third kappa shape index (κ3) is 2.97. The van der Waals surface area contributed by atoms with Crippen molar-refractivity contribution in [1.29, 1.82) is 0 Å². The van der Waals surface area contributed by atoms with E-state index in [1.54, 1.807) is 6.92 Å². The first-order valence-corrected chi connectivity index (χ1v) is 3.92. The van der Waals surface area contributed by atoms with E-state index in [1.165, 1.54) is 6.92 Å². The van der Waals surface area contributed by atoms with E-state index in [1.807, 2.05) is 0 Å². The van der Waals surface area contributed by atoms with Crippen LogP contribution in [0.1, 0.15) is 36.4 Å². The number of esters is 1. The minimum absolute atomic E-state index is 0. The maximum atomic E-state index is 11.0. The second-order valence-corrected chi connectivity index (χ2v) is 2.44. The minimum atomic E-state index is -0.768. The van der Waals surface area contributed by atoms with E-state index < -0.39 is 12.1 Å². The number of carbonyl (C=O) groups is 1. The van der Waals surface area contributed by atoms with Crippen molar-refractivity contribution >= 4 is 18.4 Å². The van der Waals surface area contributed by atoms with Crippen molar-refractivity contribution < 1.29 is 14.6 Å².